The number of carboxylic acids is 1. The summed E-state index contributed by atoms with van der Waals surface area (Å²) in [5, 5.41) is 17.9. The number of benzene rings is 1. The van der Waals surface area contributed by atoms with Gasteiger partial charge in [-0.05, 0) is 36.3 Å². The Kier molecular flexibility index (Phi) is 5.72. The van der Waals surface area contributed by atoms with Crippen LogP contribution in [-0.2, 0) is 11.3 Å². The minimum Gasteiger partial charge on any atom is -0.508 e. The van der Waals surface area contributed by atoms with Gasteiger partial charge in [0.2, 0.25) is 5.69 Å². The quantitative estimate of drug-likeness (QED) is 0.610. The van der Waals surface area contributed by atoms with Gasteiger partial charge in [-0.15, -0.1) is 0 Å². The second-order valence-electron chi connectivity index (χ2n) is 5.09. The van der Waals surface area contributed by atoms with Crippen LogP contribution in [0, 0.1) is 0 Å². The first-order chi connectivity index (χ1) is 10.6. The highest BCUT2D eigenvalue weighted by Crippen LogP contribution is 2.12. The number of phenols is 1. The number of hydrogen-bond donors (Lipinski definition) is 2. The van der Waals surface area contributed by atoms with E-state index >= 15 is 0 Å². The van der Waals surface area contributed by atoms with E-state index in [2.05, 4.69) is 4.57 Å². The Balaban J connectivity index is 2.01. The summed E-state index contributed by atoms with van der Waals surface area (Å²) in [7, 11) is 0. The molecule has 1 heterocycles. The number of phenolic OH excluding ortho intramolecular Hbond substituents is 1. The third kappa shape index (κ3) is 5.05. The van der Waals surface area contributed by atoms with Crippen LogP contribution in [0.4, 0.5) is 0 Å². The molecule has 4 nitrogen and oxygen atoms in total. The third-order valence-electron chi connectivity index (χ3n) is 3.36. The largest absolute Gasteiger partial charge is 0.508 e. The maximum atomic E-state index is 10.5. The molecule has 1 aromatic heterocycles. The summed E-state index contributed by atoms with van der Waals surface area (Å²) in [4.78, 5) is 10.5. The molecule has 2 rings (SSSR count). The van der Waals surface area contributed by atoms with Gasteiger partial charge in [0.1, 0.15) is 12.3 Å². The van der Waals surface area contributed by atoms with Crippen LogP contribution < -0.4 is 4.57 Å². The summed E-state index contributed by atoms with van der Waals surface area (Å²) >= 11 is 0. The number of nitrogens with zero attached hydrogens (tertiary/aromatic N) is 1. The SMILES string of the molecule is O=C(O)CCCC[n+]1ccccc1/C=C/c1ccc(O)cc1. The van der Waals surface area contributed by atoms with Gasteiger partial charge in [0.15, 0.2) is 6.20 Å². The van der Waals surface area contributed by atoms with Gasteiger partial charge >= 0.3 is 5.97 Å². The summed E-state index contributed by atoms with van der Waals surface area (Å²) in [6.07, 6.45) is 7.73. The number of carboxylic acid groups (broad SMARTS) is 1. The second kappa shape index (κ2) is 7.98. The first-order valence-corrected chi connectivity index (χ1v) is 7.32. The van der Waals surface area contributed by atoms with Crippen LogP contribution in [-0.4, -0.2) is 16.2 Å². The zero-order valence-electron chi connectivity index (χ0n) is 12.4. The fraction of sp³-hybridized carbons (Fsp3) is 0.222. The lowest BCUT2D eigenvalue weighted by Crippen LogP contribution is -2.36. The normalized spacial score (nSPS) is 10.9. The Hall–Kier alpha value is -2.62. The molecule has 2 aromatic rings. The van der Waals surface area contributed by atoms with Gasteiger partial charge < -0.3 is 10.2 Å². The Labute approximate surface area is 130 Å². The van der Waals surface area contributed by atoms with E-state index in [0.717, 1.165) is 24.2 Å². The van der Waals surface area contributed by atoms with Crippen molar-refractivity contribution < 1.29 is 19.6 Å². The number of hydrogen-bond acceptors (Lipinski definition) is 2. The molecule has 0 bridgehead atoms. The number of aryl methyl sites for hydroxylation is 1. The molecule has 0 saturated carbocycles. The van der Waals surface area contributed by atoms with Gasteiger partial charge in [0, 0.05) is 31.1 Å². The number of rotatable bonds is 7. The molecule has 0 atom stereocenters. The van der Waals surface area contributed by atoms with Crippen LogP contribution in [0.3, 0.4) is 0 Å². The Morgan fingerprint density at radius 3 is 2.55 bits per heavy atom. The van der Waals surface area contributed by atoms with Crippen LogP contribution in [0.2, 0.25) is 0 Å². The van der Waals surface area contributed by atoms with Crippen molar-refractivity contribution in [3.63, 3.8) is 0 Å². The highest BCUT2D eigenvalue weighted by atomic mass is 16.4. The van der Waals surface area contributed by atoms with Gasteiger partial charge in [-0.25, -0.2) is 0 Å². The molecule has 0 radical (unpaired) electrons. The number of carbonyl (C=O) groups is 1. The topological polar surface area (TPSA) is 61.4 Å². The van der Waals surface area contributed by atoms with E-state index in [9.17, 15) is 9.90 Å². The molecule has 0 unspecified atom stereocenters. The maximum Gasteiger partial charge on any atom is 0.303 e. The molecular formula is C18H20NO3+. The molecule has 0 aliphatic rings. The minimum atomic E-state index is -0.745. The average molecular weight is 298 g/mol. The maximum absolute atomic E-state index is 10.5. The summed E-state index contributed by atoms with van der Waals surface area (Å²) in [5.41, 5.74) is 2.07. The highest BCUT2D eigenvalue weighted by Gasteiger charge is 2.06. The fourth-order valence-electron chi connectivity index (χ4n) is 2.17. The number of aromatic hydroxyl groups is 1. The summed E-state index contributed by atoms with van der Waals surface area (Å²) in [6.45, 7) is 0.795. The second-order valence-corrected chi connectivity index (χ2v) is 5.09. The molecule has 0 spiro atoms. The summed E-state index contributed by atoms with van der Waals surface area (Å²) < 4.78 is 2.11. The van der Waals surface area contributed by atoms with Crippen molar-refractivity contribution in [3.8, 4) is 5.75 Å². The summed E-state index contributed by atoms with van der Waals surface area (Å²) in [6, 6.07) is 13.0. The molecule has 1 aromatic carbocycles. The predicted molar refractivity (Wildman–Crippen MR) is 85.2 cm³/mol. The van der Waals surface area contributed by atoms with Gasteiger partial charge in [0.25, 0.3) is 0 Å². The van der Waals surface area contributed by atoms with Gasteiger partial charge in [-0.2, -0.15) is 4.57 Å². The van der Waals surface area contributed by atoms with Crippen molar-refractivity contribution in [3.05, 3.63) is 59.9 Å². The lowest BCUT2D eigenvalue weighted by molar-refractivity contribution is -0.699. The summed E-state index contributed by atoms with van der Waals surface area (Å²) in [5.74, 6) is -0.490. The van der Waals surface area contributed by atoms with E-state index in [1.165, 1.54) is 0 Å². The van der Waals surface area contributed by atoms with E-state index in [-0.39, 0.29) is 12.2 Å². The van der Waals surface area contributed by atoms with Gasteiger partial charge in [-0.3, -0.25) is 4.79 Å². The highest BCUT2D eigenvalue weighted by molar-refractivity contribution is 5.67. The fourth-order valence-corrected chi connectivity index (χ4v) is 2.17. The van der Waals surface area contributed by atoms with Crippen LogP contribution in [0.1, 0.15) is 30.5 Å². The molecule has 114 valence electrons. The van der Waals surface area contributed by atoms with Crippen molar-refractivity contribution in [2.24, 2.45) is 0 Å². The molecule has 0 fully saturated rings. The molecule has 4 heteroatoms. The molecule has 0 saturated heterocycles. The third-order valence-corrected chi connectivity index (χ3v) is 3.36. The van der Waals surface area contributed by atoms with Gasteiger partial charge in [-0.1, -0.05) is 12.1 Å². The smallest absolute Gasteiger partial charge is 0.303 e. The van der Waals surface area contributed by atoms with Gasteiger partial charge in [0.05, 0.1) is 0 Å². The van der Waals surface area contributed by atoms with E-state index < -0.39 is 5.97 Å². The zero-order valence-corrected chi connectivity index (χ0v) is 12.4. The number of unbranched alkanes of at least 4 members (excludes halogenated alkanes) is 1. The van der Waals surface area contributed by atoms with Crippen molar-refractivity contribution >= 4 is 18.1 Å². The number of aliphatic carboxylic acids is 1. The first-order valence-electron chi connectivity index (χ1n) is 7.32. The number of pyridine rings is 1. The first kappa shape index (κ1) is 15.8. The van der Waals surface area contributed by atoms with Crippen LogP contribution in [0.25, 0.3) is 12.2 Å². The molecule has 2 N–H and O–H groups in total. The zero-order chi connectivity index (χ0) is 15.8. The van der Waals surface area contributed by atoms with Crippen molar-refractivity contribution in [1.82, 2.24) is 0 Å². The molecule has 22 heavy (non-hydrogen) atoms. The molecule has 0 aliphatic carbocycles. The van der Waals surface area contributed by atoms with Crippen LogP contribution in [0.5, 0.6) is 5.75 Å². The lowest BCUT2D eigenvalue weighted by atomic mass is 10.2. The Morgan fingerprint density at radius 1 is 1.05 bits per heavy atom. The van der Waals surface area contributed by atoms with Crippen LogP contribution >= 0.6 is 0 Å². The standard InChI is InChI=1S/C18H19NO3/c20-17-11-8-15(9-12-17)7-10-16-5-1-3-13-19(16)14-4-2-6-18(21)22/h1,3,5,7-13H,2,4,6,14H2,(H,21,22)/p+1. The van der Waals surface area contributed by atoms with Crippen molar-refractivity contribution in [1.29, 1.82) is 0 Å². The van der Waals surface area contributed by atoms with Crippen molar-refractivity contribution in [2.45, 2.75) is 25.8 Å². The van der Waals surface area contributed by atoms with E-state index in [1.807, 2.05) is 48.7 Å². The molecular weight excluding hydrogens is 278 g/mol. The average Bonchev–Trinajstić information content (AvgIpc) is 2.52. The van der Waals surface area contributed by atoms with E-state index in [4.69, 9.17) is 5.11 Å². The van der Waals surface area contributed by atoms with E-state index in [1.54, 1.807) is 12.1 Å². The predicted octanol–water partition coefficient (Wildman–Crippen LogP) is 3.11. The van der Waals surface area contributed by atoms with E-state index in [0.29, 0.717) is 6.42 Å². The Bertz CT molecular complexity index is 648. The Morgan fingerprint density at radius 2 is 1.82 bits per heavy atom. The lowest BCUT2D eigenvalue weighted by Gasteiger charge is -2.00. The molecule has 0 aliphatic heterocycles. The van der Waals surface area contributed by atoms with Crippen LogP contribution in [0.15, 0.2) is 48.7 Å². The number of aromatic nitrogens is 1. The molecule has 0 amide bonds. The monoisotopic (exact) mass is 298 g/mol. The minimum absolute atomic E-state index is 0.214. The van der Waals surface area contributed by atoms with Crippen molar-refractivity contribution in [2.75, 3.05) is 0 Å².